The van der Waals surface area contributed by atoms with E-state index in [0.29, 0.717) is 17.3 Å². The number of benzene rings is 3. The van der Waals surface area contributed by atoms with E-state index in [2.05, 4.69) is 22.3 Å². The van der Waals surface area contributed by atoms with E-state index < -0.39 is 15.9 Å². The normalized spacial score (nSPS) is 14.1. The third-order valence-electron chi connectivity index (χ3n) is 6.43. The highest BCUT2D eigenvalue weighted by molar-refractivity contribution is 7.92. The summed E-state index contributed by atoms with van der Waals surface area (Å²) in [5.41, 5.74) is 4.30. The quantitative estimate of drug-likeness (QED) is 0.424. The molecule has 36 heavy (non-hydrogen) atoms. The Balaban J connectivity index is 1.50. The number of nitrogens with zero attached hydrogens (tertiary/aromatic N) is 2. The van der Waals surface area contributed by atoms with Crippen LogP contribution in [0.2, 0.25) is 5.02 Å². The molecule has 190 valence electrons. The van der Waals surface area contributed by atoms with Crippen molar-refractivity contribution < 1.29 is 13.2 Å². The van der Waals surface area contributed by atoms with Gasteiger partial charge in [0.15, 0.2) is 0 Å². The number of sulfonamides is 1. The van der Waals surface area contributed by atoms with Crippen LogP contribution in [0.25, 0.3) is 0 Å². The standard InChI is InChI=1S/C28H32ClN3O3S/c1-21-8-12-26(13-9-21)36(34,35)32(25-11-10-22(2)27(29)17-25)20-28(33)30-18-23-6-5-7-24(16-23)19-31-14-3-4-15-31/h5-13,16-17H,3-4,14-15,18-20H2,1-2H3,(H,30,33). The third-order valence-corrected chi connectivity index (χ3v) is 8.62. The molecule has 1 N–H and O–H groups in total. The predicted octanol–water partition coefficient (Wildman–Crippen LogP) is 5.06. The minimum Gasteiger partial charge on any atom is -0.350 e. The van der Waals surface area contributed by atoms with E-state index in [4.69, 9.17) is 11.6 Å². The zero-order valence-corrected chi connectivity index (χ0v) is 22.3. The third kappa shape index (κ3) is 6.46. The second kappa shape index (κ2) is 11.5. The van der Waals surface area contributed by atoms with Crippen molar-refractivity contribution >= 4 is 33.2 Å². The molecule has 0 radical (unpaired) electrons. The SMILES string of the molecule is Cc1ccc(S(=O)(=O)N(CC(=O)NCc2cccc(CN3CCCC3)c2)c2ccc(C)c(Cl)c2)cc1. The maximum Gasteiger partial charge on any atom is 0.264 e. The van der Waals surface area contributed by atoms with Crippen molar-refractivity contribution in [3.05, 3.63) is 94.0 Å². The fourth-order valence-corrected chi connectivity index (χ4v) is 5.90. The number of nitrogens with one attached hydrogen (secondary N) is 1. The van der Waals surface area contributed by atoms with Gasteiger partial charge in [-0.3, -0.25) is 14.0 Å². The molecule has 0 spiro atoms. The van der Waals surface area contributed by atoms with Crippen molar-refractivity contribution in [2.24, 2.45) is 0 Å². The smallest absolute Gasteiger partial charge is 0.264 e. The van der Waals surface area contributed by atoms with E-state index in [1.165, 1.54) is 18.4 Å². The van der Waals surface area contributed by atoms with Crippen molar-refractivity contribution in [2.45, 2.75) is 44.7 Å². The molecule has 1 aliphatic heterocycles. The van der Waals surface area contributed by atoms with Crippen molar-refractivity contribution in [3.63, 3.8) is 0 Å². The highest BCUT2D eigenvalue weighted by Gasteiger charge is 2.27. The first-order valence-electron chi connectivity index (χ1n) is 12.1. The average Bonchev–Trinajstić information content (AvgIpc) is 3.36. The Kier molecular flexibility index (Phi) is 8.34. The second-order valence-corrected chi connectivity index (χ2v) is 11.6. The zero-order chi connectivity index (χ0) is 25.7. The summed E-state index contributed by atoms with van der Waals surface area (Å²) in [6.07, 6.45) is 2.48. The monoisotopic (exact) mass is 525 g/mol. The van der Waals surface area contributed by atoms with E-state index in [9.17, 15) is 13.2 Å². The maximum absolute atomic E-state index is 13.6. The molecule has 0 aromatic heterocycles. The molecule has 1 saturated heterocycles. The molecule has 0 aliphatic carbocycles. The summed E-state index contributed by atoms with van der Waals surface area (Å²) >= 11 is 6.30. The minimum atomic E-state index is -3.99. The van der Waals surface area contributed by atoms with Crippen LogP contribution in [0.1, 0.15) is 35.1 Å². The molecule has 0 unspecified atom stereocenters. The number of rotatable bonds is 9. The predicted molar refractivity (Wildman–Crippen MR) is 145 cm³/mol. The molecular formula is C28H32ClN3O3S. The highest BCUT2D eigenvalue weighted by atomic mass is 35.5. The Morgan fingerprint density at radius 1 is 0.972 bits per heavy atom. The van der Waals surface area contributed by atoms with Crippen LogP contribution in [0, 0.1) is 13.8 Å². The molecule has 4 rings (SSSR count). The van der Waals surface area contributed by atoms with Crippen LogP contribution in [0.3, 0.4) is 0 Å². The lowest BCUT2D eigenvalue weighted by Crippen LogP contribution is -2.40. The van der Waals surface area contributed by atoms with Gasteiger partial charge >= 0.3 is 0 Å². The van der Waals surface area contributed by atoms with Gasteiger partial charge in [0.1, 0.15) is 6.54 Å². The number of halogens is 1. The Labute approximate surface area is 218 Å². The van der Waals surface area contributed by atoms with Gasteiger partial charge in [0.05, 0.1) is 10.6 Å². The largest absolute Gasteiger partial charge is 0.350 e. The summed E-state index contributed by atoms with van der Waals surface area (Å²) in [6.45, 7) is 6.84. The molecule has 6 nitrogen and oxygen atoms in total. The molecule has 3 aromatic carbocycles. The Hall–Kier alpha value is -2.87. The molecule has 0 saturated carbocycles. The summed E-state index contributed by atoms with van der Waals surface area (Å²) in [6, 6.07) is 19.7. The Morgan fingerprint density at radius 2 is 1.67 bits per heavy atom. The number of anilines is 1. The van der Waals surface area contributed by atoms with Crippen LogP contribution < -0.4 is 9.62 Å². The topological polar surface area (TPSA) is 69.7 Å². The van der Waals surface area contributed by atoms with Crippen molar-refractivity contribution in [3.8, 4) is 0 Å². The number of amides is 1. The fraction of sp³-hybridized carbons (Fsp3) is 0.321. The van der Waals surface area contributed by atoms with Crippen LogP contribution in [-0.2, 0) is 27.9 Å². The number of carbonyl (C=O) groups is 1. The molecule has 1 aliphatic rings. The Morgan fingerprint density at radius 3 is 2.36 bits per heavy atom. The van der Waals surface area contributed by atoms with Gasteiger partial charge < -0.3 is 5.32 Å². The van der Waals surface area contributed by atoms with Crippen LogP contribution in [0.5, 0.6) is 0 Å². The van der Waals surface area contributed by atoms with Crippen LogP contribution in [0.4, 0.5) is 5.69 Å². The van der Waals surface area contributed by atoms with E-state index >= 15 is 0 Å². The van der Waals surface area contributed by atoms with Gasteiger partial charge in [-0.05, 0) is 80.7 Å². The van der Waals surface area contributed by atoms with E-state index in [1.807, 2.05) is 26.0 Å². The number of hydrogen-bond acceptors (Lipinski definition) is 4. The van der Waals surface area contributed by atoms with Gasteiger partial charge in [-0.2, -0.15) is 0 Å². The average molecular weight is 526 g/mol. The number of aryl methyl sites for hydroxylation is 2. The summed E-state index contributed by atoms with van der Waals surface area (Å²) in [5.74, 6) is -0.396. The molecule has 8 heteroatoms. The van der Waals surface area contributed by atoms with Crippen LogP contribution in [-0.4, -0.2) is 38.9 Å². The second-order valence-electron chi connectivity index (χ2n) is 9.34. The van der Waals surface area contributed by atoms with E-state index in [1.54, 1.807) is 42.5 Å². The van der Waals surface area contributed by atoms with Gasteiger partial charge in [0, 0.05) is 18.1 Å². The summed E-state index contributed by atoms with van der Waals surface area (Å²) in [4.78, 5) is 15.5. The first-order valence-corrected chi connectivity index (χ1v) is 14.0. The van der Waals surface area contributed by atoms with Gasteiger partial charge in [0.2, 0.25) is 5.91 Å². The molecule has 3 aromatic rings. The maximum atomic E-state index is 13.6. The fourth-order valence-electron chi connectivity index (χ4n) is 4.31. The molecule has 0 atom stereocenters. The number of hydrogen-bond donors (Lipinski definition) is 1. The Bertz CT molecular complexity index is 1320. The molecule has 1 heterocycles. The number of likely N-dealkylation sites (tertiary alicyclic amines) is 1. The lowest BCUT2D eigenvalue weighted by molar-refractivity contribution is -0.119. The number of carbonyl (C=O) groups excluding carboxylic acids is 1. The van der Waals surface area contributed by atoms with Gasteiger partial charge in [0.25, 0.3) is 10.0 Å². The van der Waals surface area contributed by atoms with Gasteiger partial charge in [-0.1, -0.05) is 59.6 Å². The summed E-state index contributed by atoms with van der Waals surface area (Å²) < 4.78 is 28.2. The minimum absolute atomic E-state index is 0.118. The first kappa shape index (κ1) is 26.2. The summed E-state index contributed by atoms with van der Waals surface area (Å²) in [7, 11) is -3.99. The first-order chi connectivity index (χ1) is 17.2. The molecule has 1 fully saturated rings. The van der Waals surface area contributed by atoms with Crippen molar-refractivity contribution in [1.29, 1.82) is 0 Å². The molecular weight excluding hydrogens is 494 g/mol. The zero-order valence-electron chi connectivity index (χ0n) is 20.7. The van der Waals surface area contributed by atoms with E-state index in [-0.39, 0.29) is 11.4 Å². The molecule has 0 bridgehead atoms. The van der Waals surface area contributed by atoms with Crippen LogP contribution in [0.15, 0.2) is 71.6 Å². The van der Waals surface area contributed by atoms with Crippen molar-refractivity contribution in [2.75, 3.05) is 23.9 Å². The van der Waals surface area contributed by atoms with Crippen LogP contribution >= 0.6 is 11.6 Å². The lowest BCUT2D eigenvalue weighted by Gasteiger charge is -2.24. The highest BCUT2D eigenvalue weighted by Crippen LogP contribution is 2.28. The summed E-state index contributed by atoms with van der Waals surface area (Å²) in [5, 5.41) is 3.32. The van der Waals surface area contributed by atoms with Gasteiger partial charge in [-0.25, -0.2) is 8.42 Å². The lowest BCUT2D eigenvalue weighted by atomic mass is 10.1. The van der Waals surface area contributed by atoms with E-state index in [0.717, 1.165) is 40.6 Å². The van der Waals surface area contributed by atoms with Crippen molar-refractivity contribution in [1.82, 2.24) is 10.2 Å². The molecule has 1 amide bonds. The van der Waals surface area contributed by atoms with Gasteiger partial charge in [-0.15, -0.1) is 0 Å².